The first kappa shape index (κ1) is 17.1. The lowest BCUT2D eigenvalue weighted by molar-refractivity contribution is -0.237. The summed E-state index contributed by atoms with van der Waals surface area (Å²) in [7, 11) is 0. The van der Waals surface area contributed by atoms with Gasteiger partial charge in [0.25, 0.3) is 0 Å². The molecule has 0 aromatic carbocycles. The third kappa shape index (κ3) is 2.89. The minimum atomic E-state index is -0.653. The van der Waals surface area contributed by atoms with E-state index in [-0.39, 0.29) is 23.7 Å². The Morgan fingerprint density at radius 3 is 2.09 bits per heavy atom. The van der Waals surface area contributed by atoms with E-state index in [1.807, 2.05) is 39.8 Å². The van der Waals surface area contributed by atoms with E-state index in [0.717, 1.165) is 12.8 Å². The Bertz CT molecular complexity index is 474. The molecular formula is C18H28O5. The molecular weight excluding hydrogens is 296 g/mol. The van der Waals surface area contributed by atoms with Gasteiger partial charge in [-0.1, -0.05) is 12.2 Å². The first-order valence-corrected chi connectivity index (χ1v) is 8.28. The molecule has 0 aromatic rings. The van der Waals surface area contributed by atoms with Crippen molar-refractivity contribution in [2.24, 2.45) is 5.41 Å². The van der Waals surface area contributed by atoms with Gasteiger partial charge in [-0.15, -0.1) is 13.2 Å². The van der Waals surface area contributed by atoms with E-state index < -0.39 is 17.9 Å². The van der Waals surface area contributed by atoms with Crippen LogP contribution >= 0.6 is 0 Å². The molecule has 0 saturated carbocycles. The molecule has 0 bridgehead atoms. The number of hydrogen-bond donors (Lipinski definition) is 0. The number of hydrogen-bond acceptors (Lipinski definition) is 5. The Balaban J connectivity index is 1.92. The third-order valence-corrected chi connectivity index (χ3v) is 4.89. The summed E-state index contributed by atoms with van der Waals surface area (Å²) in [6.45, 7) is 16.0. The summed E-state index contributed by atoms with van der Waals surface area (Å²) >= 11 is 0. The average molecular weight is 324 g/mol. The number of rotatable bonds is 5. The summed E-state index contributed by atoms with van der Waals surface area (Å²) in [6, 6.07) is 0. The van der Waals surface area contributed by atoms with Crippen molar-refractivity contribution in [1.29, 1.82) is 0 Å². The van der Waals surface area contributed by atoms with Crippen molar-refractivity contribution >= 4 is 0 Å². The van der Waals surface area contributed by atoms with Crippen molar-refractivity contribution in [2.75, 3.05) is 6.61 Å². The van der Waals surface area contributed by atoms with Crippen molar-refractivity contribution in [1.82, 2.24) is 0 Å². The van der Waals surface area contributed by atoms with E-state index in [4.69, 9.17) is 23.7 Å². The fourth-order valence-electron chi connectivity index (χ4n) is 4.07. The molecule has 0 N–H and O–H groups in total. The molecule has 3 unspecified atom stereocenters. The summed E-state index contributed by atoms with van der Waals surface area (Å²) in [5.41, 5.74) is -0.309. The molecule has 130 valence electrons. The Kier molecular flexibility index (Phi) is 4.22. The molecule has 5 nitrogen and oxygen atoms in total. The highest BCUT2D eigenvalue weighted by Gasteiger charge is 2.65. The second kappa shape index (κ2) is 5.67. The molecule has 0 aromatic heterocycles. The Morgan fingerprint density at radius 1 is 0.913 bits per heavy atom. The van der Waals surface area contributed by atoms with Crippen LogP contribution in [-0.4, -0.2) is 42.8 Å². The minimum Gasteiger partial charge on any atom is -0.348 e. The molecule has 3 heterocycles. The van der Waals surface area contributed by atoms with E-state index in [1.54, 1.807) is 0 Å². The zero-order chi connectivity index (χ0) is 16.9. The van der Waals surface area contributed by atoms with Gasteiger partial charge in [0.15, 0.2) is 17.9 Å². The van der Waals surface area contributed by atoms with Crippen molar-refractivity contribution in [3.8, 4) is 0 Å². The van der Waals surface area contributed by atoms with Gasteiger partial charge in [-0.05, 0) is 40.5 Å². The first-order valence-electron chi connectivity index (χ1n) is 8.28. The van der Waals surface area contributed by atoms with Gasteiger partial charge in [-0.25, -0.2) is 0 Å². The van der Waals surface area contributed by atoms with Gasteiger partial charge in [-0.2, -0.15) is 0 Å². The largest absolute Gasteiger partial charge is 0.348 e. The van der Waals surface area contributed by atoms with Crippen molar-refractivity contribution in [3.63, 3.8) is 0 Å². The maximum absolute atomic E-state index is 6.27. The lowest BCUT2D eigenvalue weighted by Crippen LogP contribution is -2.48. The first-order chi connectivity index (χ1) is 10.7. The van der Waals surface area contributed by atoms with Gasteiger partial charge < -0.3 is 23.7 Å². The van der Waals surface area contributed by atoms with Crippen LogP contribution < -0.4 is 0 Å². The molecule has 0 aliphatic carbocycles. The van der Waals surface area contributed by atoms with Crippen LogP contribution in [0.4, 0.5) is 0 Å². The molecule has 3 aliphatic rings. The van der Waals surface area contributed by atoms with Crippen LogP contribution in [0.5, 0.6) is 0 Å². The Morgan fingerprint density at radius 2 is 1.57 bits per heavy atom. The normalized spacial score (nSPS) is 40.0. The van der Waals surface area contributed by atoms with E-state index in [2.05, 4.69) is 13.2 Å². The molecule has 3 saturated heterocycles. The molecule has 23 heavy (non-hydrogen) atoms. The lowest BCUT2D eigenvalue weighted by Gasteiger charge is -2.39. The Hall–Kier alpha value is -0.720. The maximum atomic E-state index is 6.27. The maximum Gasteiger partial charge on any atom is 0.188 e. The van der Waals surface area contributed by atoms with Crippen molar-refractivity contribution in [2.45, 2.75) is 76.7 Å². The lowest BCUT2D eigenvalue weighted by atomic mass is 9.71. The summed E-state index contributed by atoms with van der Waals surface area (Å²) < 4.78 is 30.2. The molecule has 4 atom stereocenters. The van der Waals surface area contributed by atoms with E-state index >= 15 is 0 Å². The number of allylic oxidation sites excluding steroid dienone is 2. The van der Waals surface area contributed by atoms with E-state index in [9.17, 15) is 0 Å². The Labute approximate surface area is 138 Å². The molecule has 0 amide bonds. The predicted octanol–water partition coefficient (Wildman–Crippen LogP) is 3.15. The van der Waals surface area contributed by atoms with Crippen molar-refractivity contribution in [3.05, 3.63) is 25.3 Å². The highest BCUT2D eigenvalue weighted by Crippen LogP contribution is 2.54. The second-order valence-corrected chi connectivity index (χ2v) is 7.57. The van der Waals surface area contributed by atoms with Gasteiger partial charge in [0.2, 0.25) is 0 Å². The van der Waals surface area contributed by atoms with Crippen LogP contribution in [0.1, 0.15) is 40.5 Å². The SMILES string of the molecule is C=CCC1(CC=C)C(C2COC(C)(C)O2)OC2OC(C)(C)O[C@H]21. The van der Waals surface area contributed by atoms with Crippen LogP contribution in [0.25, 0.3) is 0 Å². The minimum absolute atomic E-state index is 0.161. The summed E-state index contributed by atoms with van der Waals surface area (Å²) in [5, 5.41) is 0. The molecule has 3 fully saturated rings. The third-order valence-electron chi connectivity index (χ3n) is 4.89. The van der Waals surface area contributed by atoms with Crippen LogP contribution in [-0.2, 0) is 23.7 Å². The molecule has 0 spiro atoms. The number of fused-ring (bicyclic) bond motifs is 1. The van der Waals surface area contributed by atoms with Crippen LogP contribution in [0.15, 0.2) is 25.3 Å². The fourth-order valence-corrected chi connectivity index (χ4v) is 4.07. The highest BCUT2D eigenvalue weighted by molar-refractivity contribution is 5.11. The van der Waals surface area contributed by atoms with Crippen LogP contribution in [0, 0.1) is 5.41 Å². The summed E-state index contributed by atoms with van der Waals surface area (Å²) in [5.74, 6) is -1.25. The van der Waals surface area contributed by atoms with Crippen LogP contribution in [0.3, 0.4) is 0 Å². The van der Waals surface area contributed by atoms with Gasteiger partial charge in [0, 0.05) is 5.41 Å². The molecule has 3 aliphatic heterocycles. The van der Waals surface area contributed by atoms with Gasteiger partial charge in [0.1, 0.15) is 12.2 Å². The second-order valence-electron chi connectivity index (χ2n) is 7.57. The monoisotopic (exact) mass is 324 g/mol. The quantitative estimate of drug-likeness (QED) is 0.727. The van der Waals surface area contributed by atoms with Gasteiger partial charge in [-0.3, -0.25) is 0 Å². The van der Waals surface area contributed by atoms with Gasteiger partial charge in [0.05, 0.1) is 12.7 Å². The standard InChI is InChI=1S/C18H28O5/c1-7-9-18(10-8-2)13(12-11-19-16(3,4)21-12)20-15-14(18)22-17(5,6)23-15/h7-8,12-15H,1-2,9-11H2,3-6H3/t12?,13?,14-,15?/m1/s1. The zero-order valence-corrected chi connectivity index (χ0v) is 14.5. The van der Waals surface area contributed by atoms with Crippen LogP contribution in [0.2, 0.25) is 0 Å². The van der Waals surface area contributed by atoms with E-state index in [0.29, 0.717) is 6.61 Å². The predicted molar refractivity (Wildman–Crippen MR) is 85.7 cm³/mol. The topological polar surface area (TPSA) is 46.2 Å². The van der Waals surface area contributed by atoms with Crippen molar-refractivity contribution < 1.29 is 23.7 Å². The smallest absolute Gasteiger partial charge is 0.188 e. The highest BCUT2D eigenvalue weighted by atomic mass is 16.8. The summed E-state index contributed by atoms with van der Waals surface area (Å²) in [6.07, 6.45) is 4.38. The molecule has 5 heteroatoms. The number of ether oxygens (including phenoxy) is 5. The molecule has 0 radical (unpaired) electrons. The zero-order valence-electron chi connectivity index (χ0n) is 14.5. The molecule has 3 rings (SSSR count). The van der Waals surface area contributed by atoms with E-state index in [1.165, 1.54) is 0 Å². The average Bonchev–Trinajstić information content (AvgIpc) is 3.02. The fraction of sp³-hybridized carbons (Fsp3) is 0.778. The summed E-state index contributed by atoms with van der Waals surface area (Å²) in [4.78, 5) is 0. The van der Waals surface area contributed by atoms with Gasteiger partial charge >= 0.3 is 0 Å².